The van der Waals surface area contributed by atoms with Crippen molar-refractivity contribution in [1.29, 1.82) is 0 Å². The maximum Gasteiger partial charge on any atom is 0.214 e. The van der Waals surface area contributed by atoms with Gasteiger partial charge >= 0.3 is 0 Å². The number of aldehydes is 1. The molecule has 2 aromatic rings. The monoisotopic (exact) mass is 248 g/mol. The summed E-state index contributed by atoms with van der Waals surface area (Å²) in [5, 5.41) is 1.73. The Morgan fingerprint density at radius 2 is 1.88 bits per heavy atom. The third-order valence-corrected chi connectivity index (χ3v) is 4.41. The van der Waals surface area contributed by atoms with Crippen molar-refractivity contribution in [2.24, 2.45) is 0 Å². The summed E-state index contributed by atoms with van der Waals surface area (Å²) in [5.74, 6) is -0.298. The molecule has 0 fully saturated rings. The van der Waals surface area contributed by atoms with E-state index in [1.165, 1.54) is 17.4 Å². The summed E-state index contributed by atoms with van der Waals surface area (Å²) < 4.78 is 0. The largest absolute Gasteiger partial charge is 0.297 e. The van der Waals surface area contributed by atoms with Gasteiger partial charge in [-0.1, -0.05) is 0 Å². The van der Waals surface area contributed by atoms with Crippen LogP contribution in [0.1, 0.15) is 40.1 Å². The number of rotatable bonds is 1. The van der Waals surface area contributed by atoms with E-state index in [1.807, 2.05) is 0 Å². The summed E-state index contributed by atoms with van der Waals surface area (Å²) in [5.41, 5.74) is 0.820. The molecule has 0 aliphatic heterocycles. The number of hydrogen-bond acceptors (Lipinski definition) is 5. The molecule has 2 aromatic heterocycles. The zero-order chi connectivity index (χ0) is 11.3. The van der Waals surface area contributed by atoms with Crippen molar-refractivity contribution in [2.75, 3.05) is 0 Å². The predicted molar refractivity (Wildman–Crippen MR) is 60.9 cm³/mol. The van der Waals surface area contributed by atoms with Crippen molar-refractivity contribution >= 4 is 40.5 Å². The number of carbonyl (C=O) groups excluding carboxylic acids is 3. The molecular weight excluding hydrogens is 244 g/mol. The molecule has 1 aliphatic carbocycles. The van der Waals surface area contributed by atoms with E-state index in [4.69, 9.17) is 0 Å². The maximum atomic E-state index is 12.0. The summed E-state index contributed by atoms with van der Waals surface area (Å²) >= 11 is 2.35. The lowest BCUT2D eigenvalue weighted by molar-refractivity contribution is 0.0985. The summed E-state index contributed by atoms with van der Waals surface area (Å²) in [6, 6.07) is 3.15. The van der Waals surface area contributed by atoms with Gasteiger partial charge in [0.05, 0.1) is 14.6 Å². The van der Waals surface area contributed by atoms with E-state index >= 15 is 0 Å². The second kappa shape index (κ2) is 3.20. The molecule has 0 radical (unpaired) electrons. The van der Waals surface area contributed by atoms with Crippen LogP contribution in [0.4, 0.5) is 0 Å². The minimum absolute atomic E-state index is 0.141. The van der Waals surface area contributed by atoms with E-state index in [2.05, 4.69) is 0 Å². The van der Waals surface area contributed by atoms with Crippen LogP contribution in [0.25, 0.3) is 0 Å². The first kappa shape index (κ1) is 9.62. The van der Waals surface area contributed by atoms with Crippen molar-refractivity contribution in [3.05, 3.63) is 43.3 Å². The molecule has 0 spiro atoms. The Hall–Kier alpha value is -1.59. The van der Waals surface area contributed by atoms with Gasteiger partial charge in [0.15, 0.2) is 12.1 Å². The Morgan fingerprint density at radius 3 is 2.62 bits per heavy atom. The molecule has 1 aliphatic rings. The molecule has 0 amide bonds. The molecule has 0 saturated carbocycles. The van der Waals surface area contributed by atoms with Gasteiger partial charge in [-0.15, -0.1) is 22.7 Å². The van der Waals surface area contributed by atoms with Gasteiger partial charge in [0.1, 0.15) is 0 Å². The van der Waals surface area contributed by atoms with Gasteiger partial charge in [0, 0.05) is 11.1 Å². The molecule has 16 heavy (non-hydrogen) atoms. The van der Waals surface area contributed by atoms with Gasteiger partial charge in [0.25, 0.3) is 0 Å². The second-order valence-corrected chi connectivity index (χ2v) is 5.33. The normalized spacial score (nSPS) is 13.5. The van der Waals surface area contributed by atoms with Crippen LogP contribution in [0.2, 0.25) is 0 Å². The number of fused-ring (bicyclic) bond motifs is 2. The number of carbonyl (C=O) groups is 3. The molecule has 0 saturated heterocycles. The predicted octanol–water partition coefficient (Wildman–Crippen LogP) is 2.40. The van der Waals surface area contributed by atoms with Gasteiger partial charge in [-0.3, -0.25) is 14.4 Å². The molecular formula is C11H4O3S2. The average Bonchev–Trinajstić information content (AvgIpc) is 2.92. The smallest absolute Gasteiger partial charge is 0.214 e. The SMILES string of the molecule is O=Cc1cc2c(s1)C(=O)c1sccc1C2=O. The third kappa shape index (κ3) is 1.10. The average molecular weight is 248 g/mol. The first-order valence-corrected chi connectivity index (χ1v) is 6.18. The lowest BCUT2D eigenvalue weighted by atomic mass is 9.95. The van der Waals surface area contributed by atoms with Crippen molar-refractivity contribution in [3.63, 3.8) is 0 Å². The molecule has 0 atom stereocenters. The summed E-state index contributed by atoms with van der Waals surface area (Å²) in [7, 11) is 0. The van der Waals surface area contributed by atoms with Gasteiger partial charge in [-0.05, 0) is 17.5 Å². The third-order valence-electron chi connectivity index (χ3n) is 2.43. The number of ketones is 2. The molecule has 0 N–H and O–H groups in total. The quantitative estimate of drug-likeness (QED) is 0.621. The van der Waals surface area contributed by atoms with Crippen LogP contribution in [0.5, 0.6) is 0 Å². The van der Waals surface area contributed by atoms with E-state index in [0.29, 0.717) is 32.0 Å². The highest BCUT2D eigenvalue weighted by atomic mass is 32.1. The Balaban J connectivity index is 2.30. The first-order chi connectivity index (χ1) is 7.72. The fourth-order valence-electron chi connectivity index (χ4n) is 1.72. The lowest BCUT2D eigenvalue weighted by Gasteiger charge is -2.08. The van der Waals surface area contributed by atoms with Gasteiger partial charge < -0.3 is 0 Å². The highest BCUT2D eigenvalue weighted by Gasteiger charge is 2.32. The van der Waals surface area contributed by atoms with E-state index < -0.39 is 0 Å². The summed E-state index contributed by atoms with van der Waals surface area (Å²) in [6.45, 7) is 0. The van der Waals surface area contributed by atoms with Crippen molar-refractivity contribution in [2.45, 2.75) is 0 Å². The highest BCUT2D eigenvalue weighted by molar-refractivity contribution is 7.18. The van der Waals surface area contributed by atoms with Crippen LogP contribution in [0.15, 0.2) is 17.5 Å². The fraction of sp³-hybridized carbons (Fsp3) is 0. The lowest BCUT2D eigenvalue weighted by Crippen LogP contribution is -2.15. The highest BCUT2D eigenvalue weighted by Crippen LogP contribution is 2.34. The van der Waals surface area contributed by atoms with Crippen LogP contribution in [-0.2, 0) is 0 Å². The Kier molecular flexibility index (Phi) is 1.92. The molecule has 2 heterocycles. The van der Waals surface area contributed by atoms with Gasteiger partial charge in [-0.2, -0.15) is 0 Å². The van der Waals surface area contributed by atoms with Gasteiger partial charge in [-0.25, -0.2) is 0 Å². The maximum absolute atomic E-state index is 12.0. The van der Waals surface area contributed by atoms with E-state index in [0.717, 1.165) is 11.3 Å². The van der Waals surface area contributed by atoms with E-state index in [-0.39, 0.29) is 11.6 Å². The van der Waals surface area contributed by atoms with Crippen LogP contribution >= 0.6 is 22.7 Å². The standard InChI is InChI=1S/C11H4O3S2/c12-4-5-3-7-8(13)6-1-2-15-10(6)9(14)11(7)16-5/h1-4H. The zero-order valence-corrected chi connectivity index (χ0v) is 9.48. The zero-order valence-electron chi connectivity index (χ0n) is 7.85. The molecule has 78 valence electrons. The van der Waals surface area contributed by atoms with E-state index in [9.17, 15) is 14.4 Å². The summed E-state index contributed by atoms with van der Waals surface area (Å²) in [6.07, 6.45) is 0.664. The molecule has 0 bridgehead atoms. The van der Waals surface area contributed by atoms with Crippen LogP contribution in [0.3, 0.4) is 0 Å². The number of thiophene rings is 2. The minimum Gasteiger partial charge on any atom is -0.297 e. The Morgan fingerprint density at radius 1 is 1.06 bits per heavy atom. The summed E-state index contributed by atoms with van der Waals surface area (Å²) in [4.78, 5) is 35.9. The first-order valence-electron chi connectivity index (χ1n) is 4.48. The molecule has 3 nitrogen and oxygen atoms in total. The van der Waals surface area contributed by atoms with Crippen LogP contribution in [0, 0.1) is 0 Å². The van der Waals surface area contributed by atoms with Crippen molar-refractivity contribution in [1.82, 2.24) is 0 Å². The van der Waals surface area contributed by atoms with Crippen molar-refractivity contribution < 1.29 is 14.4 Å². The molecule has 3 rings (SSSR count). The van der Waals surface area contributed by atoms with Crippen molar-refractivity contribution in [3.8, 4) is 0 Å². The minimum atomic E-state index is -0.157. The molecule has 5 heteroatoms. The molecule has 0 aromatic carbocycles. The number of hydrogen-bond donors (Lipinski definition) is 0. The van der Waals surface area contributed by atoms with Crippen LogP contribution < -0.4 is 0 Å². The Labute approximate surface area is 98.3 Å². The van der Waals surface area contributed by atoms with E-state index in [1.54, 1.807) is 11.4 Å². The molecule has 0 unspecified atom stereocenters. The fourth-order valence-corrected chi connectivity index (χ4v) is 3.54. The second-order valence-electron chi connectivity index (χ2n) is 3.33. The van der Waals surface area contributed by atoms with Crippen LogP contribution in [-0.4, -0.2) is 17.9 Å². The van der Waals surface area contributed by atoms with Gasteiger partial charge in [0.2, 0.25) is 5.78 Å². The topological polar surface area (TPSA) is 51.2 Å². The Bertz CT molecular complexity index is 585.